The van der Waals surface area contributed by atoms with Crippen LogP contribution in [0.1, 0.15) is 323 Å². The fourth-order valence-electron chi connectivity index (χ4n) is 9.46. The molecular formula is C63H122O17P2. The highest BCUT2D eigenvalue weighted by Gasteiger charge is 2.30. The van der Waals surface area contributed by atoms with Crippen LogP contribution in [-0.2, 0) is 65.4 Å². The minimum absolute atomic E-state index is 0.105. The van der Waals surface area contributed by atoms with Crippen molar-refractivity contribution in [2.45, 2.75) is 341 Å². The molecule has 0 aliphatic rings. The second kappa shape index (κ2) is 58.1. The van der Waals surface area contributed by atoms with Gasteiger partial charge >= 0.3 is 39.5 Å². The Kier molecular flexibility index (Phi) is 56.7. The van der Waals surface area contributed by atoms with Crippen LogP contribution in [0.15, 0.2) is 0 Å². The largest absolute Gasteiger partial charge is 0.472 e. The fraction of sp³-hybridized carbons (Fsp3) is 0.937. The Bertz CT molecular complexity index is 1590. The first-order valence-corrected chi connectivity index (χ1v) is 36.3. The summed E-state index contributed by atoms with van der Waals surface area (Å²) in [4.78, 5) is 71.9. The van der Waals surface area contributed by atoms with Crippen molar-refractivity contribution in [1.29, 1.82) is 0 Å². The van der Waals surface area contributed by atoms with Crippen LogP contribution in [0.25, 0.3) is 0 Å². The second-order valence-corrected chi connectivity index (χ2v) is 25.7. The summed E-state index contributed by atoms with van der Waals surface area (Å²) in [5, 5.41) is 10.5. The smallest absolute Gasteiger partial charge is 0.462 e. The Balaban J connectivity index is 5.09. The Hall–Kier alpha value is -1.94. The summed E-state index contributed by atoms with van der Waals surface area (Å²) >= 11 is 0. The molecule has 0 radical (unpaired) electrons. The van der Waals surface area contributed by atoms with Gasteiger partial charge in [0.05, 0.1) is 26.4 Å². The lowest BCUT2D eigenvalue weighted by molar-refractivity contribution is -0.161. The number of rotatable bonds is 64. The van der Waals surface area contributed by atoms with Gasteiger partial charge in [-0.2, -0.15) is 0 Å². The van der Waals surface area contributed by atoms with Gasteiger partial charge in [0.25, 0.3) is 0 Å². The zero-order valence-corrected chi connectivity index (χ0v) is 54.2. The van der Waals surface area contributed by atoms with Crippen LogP contribution in [0.3, 0.4) is 0 Å². The van der Waals surface area contributed by atoms with E-state index < -0.39 is 97.5 Å². The maximum Gasteiger partial charge on any atom is 0.472 e. The molecule has 0 aliphatic carbocycles. The number of ether oxygens (including phenoxy) is 4. The summed E-state index contributed by atoms with van der Waals surface area (Å²) in [5.41, 5.74) is 0. The molecule has 0 aliphatic heterocycles. The molecule has 19 heteroatoms. The zero-order chi connectivity index (χ0) is 60.5. The fourth-order valence-corrected chi connectivity index (χ4v) is 11.0. The molecular weight excluding hydrogens is 1090 g/mol. The van der Waals surface area contributed by atoms with Gasteiger partial charge in [-0.1, -0.05) is 272 Å². The van der Waals surface area contributed by atoms with E-state index in [-0.39, 0.29) is 25.7 Å². The molecule has 0 fully saturated rings. The number of phosphoric ester groups is 2. The Labute approximate surface area is 498 Å². The summed E-state index contributed by atoms with van der Waals surface area (Å²) in [6.45, 7) is 4.79. The lowest BCUT2D eigenvalue weighted by atomic mass is 10.0. The molecule has 0 rings (SSSR count). The summed E-state index contributed by atoms with van der Waals surface area (Å²) in [6, 6.07) is 0. The Morgan fingerprint density at radius 3 is 0.720 bits per heavy atom. The highest BCUT2D eigenvalue weighted by molar-refractivity contribution is 7.47. The molecule has 0 saturated carbocycles. The molecule has 0 heterocycles. The van der Waals surface area contributed by atoms with Crippen molar-refractivity contribution in [2.75, 3.05) is 39.6 Å². The average molecular weight is 1210 g/mol. The highest BCUT2D eigenvalue weighted by atomic mass is 31.2. The van der Waals surface area contributed by atoms with E-state index in [9.17, 15) is 43.2 Å². The van der Waals surface area contributed by atoms with Crippen molar-refractivity contribution in [3.05, 3.63) is 0 Å². The van der Waals surface area contributed by atoms with Crippen molar-refractivity contribution in [3.63, 3.8) is 0 Å². The average Bonchev–Trinajstić information content (AvgIpc) is 3.45. The van der Waals surface area contributed by atoms with Gasteiger partial charge in [-0.05, 0) is 25.7 Å². The first kappa shape index (κ1) is 80.1. The van der Waals surface area contributed by atoms with Crippen LogP contribution >= 0.6 is 15.6 Å². The molecule has 0 spiro atoms. The third-order valence-corrected chi connectivity index (χ3v) is 16.5. The molecule has 0 aromatic carbocycles. The number of phosphoric acid groups is 2. The van der Waals surface area contributed by atoms with E-state index in [1.54, 1.807) is 0 Å². The molecule has 0 aromatic rings. The van der Waals surface area contributed by atoms with Crippen molar-refractivity contribution in [2.24, 2.45) is 0 Å². The molecule has 2 unspecified atom stereocenters. The zero-order valence-electron chi connectivity index (χ0n) is 52.5. The van der Waals surface area contributed by atoms with Crippen LogP contribution < -0.4 is 0 Å². The predicted molar refractivity (Wildman–Crippen MR) is 326 cm³/mol. The highest BCUT2D eigenvalue weighted by Crippen LogP contribution is 2.45. The number of esters is 4. The van der Waals surface area contributed by atoms with Crippen LogP contribution in [-0.4, -0.2) is 96.7 Å². The van der Waals surface area contributed by atoms with Gasteiger partial charge in [0.1, 0.15) is 19.3 Å². The van der Waals surface area contributed by atoms with Crippen LogP contribution in [0, 0.1) is 0 Å². The minimum Gasteiger partial charge on any atom is -0.462 e. The lowest BCUT2D eigenvalue weighted by Gasteiger charge is -2.21. The molecule has 3 N–H and O–H groups in total. The molecule has 0 bridgehead atoms. The normalized spacial score (nSPS) is 14.2. The summed E-state index contributed by atoms with van der Waals surface area (Å²) in [5.74, 6) is -2.14. The summed E-state index contributed by atoms with van der Waals surface area (Å²) < 4.78 is 67.7. The summed E-state index contributed by atoms with van der Waals surface area (Å²) in [7, 11) is -9.87. The van der Waals surface area contributed by atoms with Gasteiger partial charge < -0.3 is 33.8 Å². The maximum absolute atomic E-state index is 12.9. The SMILES string of the molecule is CCCCCCCCCCCCCCCCCCCCCC(=O)O[C@H](COC(=O)CCCCCCCCCC)COP(=O)(O)OC[C@@H](O)COP(=O)(O)OC[C@@H](COC(=O)CCCCCCCCC)OC(=O)CCCCCCCCCC. The van der Waals surface area contributed by atoms with E-state index in [1.165, 1.54) is 128 Å². The van der Waals surface area contributed by atoms with Crippen LogP contribution in [0.5, 0.6) is 0 Å². The van der Waals surface area contributed by atoms with Gasteiger partial charge in [-0.15, -0.1) is 0 Å². The van der Waals surface area contributed by atoms with Crippen molar-refractivity contribution in [3.8, 4) is 0 Å². The van der Waals surface area contributed by atoms with Gasteiger partial charge in [0, 0.05) is 25.7 Å². The third kappa shape index (κ3) is 57.2. The van der Waals surface area contributed by atoms with Crippen molar-refractivity contribution < 1.29 is 80.2 Å². The molecule has 0 aromatic heterocycles. The first-order chi connectivity index (χ1) is 39.7. The number of carbonyl (C=O) groups is 4. The van der Waals surface area contributed by atoms with E-state index in [2.05, 4.69) is 27.7 Å². The van der Waals surface area contributed by atoms with E-state index in [1.807, 2.05) is 0 Å². The monoisotopic (exact) mass is 1210 g/mol. The van der Waals surface area contributed by atoms with Crippen molar-refractivity contribution >= 4 is 39.5 Å². The predicted octanol–water partition coefficient (Wildman–Crippen LogP) is 17.5. The van der Waals surface area contributed by atoms with Gasteiger partial charge in [0.15, 0.2) is 12.2 Å². The number of aliphatic hydroxyl groups is 1. The van der Waals surface area contributed by atoms with Gasteiger partial charge in [0.2, 0.25) is 0 Å². The molecule has 0 saturated heterocycles. The quantitative estimate of drug-likeness (QED) is 0.0222. The topological polar surface area (TPSA) is 237 Å². The van der Waals surface area contributed by atoms with E-state index >= 15 is 0 Å². The molecule has 17 nitrogen and oxygen atoms in total. The number of carbonyl (C=O) groups excluding carboxylic acids is 4. The minimum atomic E-state index is -4.94. The van der Waals surface area contributed by atoms with Crippen LogP contribution in [0.2, 0.25) is 0 Å². The van der Waals surface area contributed by atoms with E-state index in [0.717, 1.165) is 116 Å². The third-order valence-electron chi connectivity index (χ3n) is 14.6. The maximum atomic E-state index is 12.9. The number of hydrogen-bond acceptors (Lipinski definition) is 15. The molecule has 486 valence electrons. The Morgan fingerprint density at radius 2 is 0.488 bits per heavy atom. The van der Waals surface area contributed by atoms with E-state index in [0.29, 0.717) is 25.7 Å². The van der Waals surface area contributed by atoms with Gasteiger partial charge in [-0.25, -0.2) is 9.13 Å². The second-order valence-electron chi connectivity index (χ2n) is 22.8. The Morgan fingerprint density at radius 1 is 0.293 bits per heavy atom. The molecule has 5 atom stereocenters. The number of hydrogen-bond donors (Lipinski definition) is 3. The first-order valence-electron chi connectivity index (χ1n) is 33.3. The van der Waals surface area contributed by atoms with Crippen LogP contribution in [0.4, 0.5) is 0 Å². The van der Waals surface area contributed by atoms with Crippen molar-refractivity contribution in [1.82, 2.24) is 0 Å². The van der Waals surface area contributed by atoms with E-state index in [4.69, 9.17) is 37.0 Å². The summed E-state index contributed by atoms with van der Waals surface area (Å²) in [6.07, 6.45) is 43.4. The lowest BCUT2D eigenvalue weighted by Crippen LogP contribution is -2.30. The molecule has 82 heavy (non-hydrogen) atoms. The number of aliphatic hydroxyl groups excluding tert-OH is 1. The number of unbranched alkanes of at least 4 members (excludes halogenated alkanes) is 38. The standard InChI is InChI=1S/C63H122O17P2/c1-5-9-13-17-21-24-25-26-27-28-29-30-31-32-33-34-38-42-46-50-63(68)80-59(54-74-61(66)48-44-40-36-22-18-14-10-6-2)56-78-82(71,72)76-52-57(64)51-75-81(69,70)77-55-58(53-73-60(65)47-43-39-35-20-16-12-8-4)79-62(67)49-45-41-37-23-19-15-11-7-3/h57-59,64H,5-56H2,1-4H3,(H,69,70)(H,71,72)/t57-,58+,59+/m0/s1. The van der Waals surface area contributed by atoms with Gasteiger partial charge in [-0.3, -0.25) is 37.3 Å². The molecule has 0 amide bonds.